The van der Waals surface area contributed by atoms with Gasteiger partial charge in [-0.25, -0.2) is 17.3 Å². The zero-order valence-corrected chi connectivity index (χ0v) is 27.3. The van der Waals surface area contributed by atoms with Crippen LogP contribution in [-0.4, -0.2) is 190 Å². The van der Waals surface area contributed by atoms with Crippen molar-refractivity contribution in [2.24, 2.45) is 5.73 Å². The largest absolute Gasteiger partial charge is 0.479 e. The summed E-state index contributed by atoms with van der Waals surface area (Å²) in [6.07, 6.45) is -28.6. The molecule has 3 fully saturated rings. The second-order valence-corrected chi connectivity index (χ2v) is 13.7. The molecule has 0 aromatic rings. The van der Waals surface area contributed by atoms with Crippen LogP contribution in [0.25, 0.3) is 0 Å². The summed E-state index contributed by atoms with van der Waals surface area (Å²) in [5, 5.41) is 52.3. The standard InChI is InChI=1S/C20H35NO25S3/c1-37-12-6(4-40-48(31,32)33)42-20(16(14(12)38-2)46-49(34,35)36)44-13-9(23)10(24)19(45-15(13)17(25)26)43-11-5(3-39-47(28,29)30)41-18(27)7(21)8(11)22/h5-16,18-20,22-24,27H,3-4,21H2,1-2H3,(H,25,26)(H,28,29,30)(H,31,32,33)(H,34,35,36)/t5-,6-,7-,8-,9-,10-,11-,12-,13+,14+,15+,16-,18+,19-,20-/m1/s1. The third-order valence-electron chi connectivity index (χ3n) is 7.24. The molecule has 3 saturated heterocycles. The van der Waals surface area contributed by atoms with Crippen molar-refractivity contribution in [3.8, 4) is 0 Å². The van der Waals surface area contributed by atoms with Crippen LogP contribution in [0.15, 0.2) is 0 Å². The molecule has 49 heavy (non-hydrogen) atoms. The van der Waals surface area contributed by atoms with E-state index in [-0.39, 0.29) is 0 Å². The van der Waals surface area contributed by atoms with Gasteiger partial charge in [-0.2, -0.15) is 25.3 Å². The summed E-state index contributed by atoms with van der Waals surface area (Å²) < 4.78 is 145. The number of methoxy groups -OCH3 is 2. The molecule has 3 aliphatic heterocycles. The average Bonchev–Trinajstić information content (AvgIpc) is 2.97. The normalized spacial score (nSPS) is 41.0. The fraction of sp³-hybridized carbons (Fsp3) is 0.950. The van der Waals surface area contributed by atoms with Crippen LogP contribution >= 0.6 is 0 Å². The summed E-state index contributed by atoms with van der Waals surface area (Å²) in [6.45, 7) is -2.20. The summed E-state index contributed by atoms with van der Waals surface area (Å²) in [6, 6.07) is -1.66. The van der Waals surface area contributed by atoms with E-state index in [9.17, 15) is 60.1 Å². The Hall–Kier alpha value is -1.40. The zero-order chi connectivity index (χ0) is 37.2. The van der Waals surface area contributed by atoms with Crippen LogP contribution in [0, 0.1) is 0 Å². The molecule has 15 atom stereocenters. The number of carboxylic acid groups (broad SMARTS) is 1. The molecule has 0 aromatic carbocycles. The number of carboxylic acids is 1. The number of aliphatic hydroxyl groups excluding tert-OH is 4. The Kier molecular flexibility index (Phi) is 14.2. The lowest BCUT2D eigenvalue weighted by Crippen LogP contribution is -2.68. The van der Waals surface area contributed by atoms with E-state index in [1.54, 1.807) is 0 Å². The fourth-order valence-corrected chi connectivity index (χ4v) is 6.19. The van der Waals surface area contributed by atoms with Crippen LogP contribution in [0.4, 0.5) is 0 Å². The highest BCUT2D eigenvalue weighted by Crippen LogP contribution is 2.35. The first-order chi connectivity index (χ1) is 22.5. The quantitative estimate of drug-likeness (QED) is 0.0697. The predicted octanol–water partition coefficient (Wildman–Crippen LogP) is -6.72. The minimum atomic E-state index is -5.41. The lowest BCUT2D eigenvalue weighted by atomic mass is 9.95. The first-order valence-corrected chi connectivity index (χ1v) is 17.5. The second kappa shape index (κ2) is 16.5. The fourth-order valence-electron chi connectivity index (χ4n) is 5.09. The smallest absolute Gasteiger partial charge is 0.397 e. The minimum Gasteiger partial charge on any atom is -0.479 e. The Morgan fingerprint density at radius 2 is 1.16 bits per heavy atom. The van der Waals surface area contributed by atoms with E-state index in [0.717, 1.165) is 14.2 Å². The highest BCUT2D eigenvalue weighted by molar-refractivity contribution is 7.81. The number of aliphatic hydroxyl groups is 4. The molecule has 3 rings (SSSR count). The van der Waals surface area contributed by atoms with Gasteiger partial charge in [-0.15, -0.1) is 0 Å². The molecule has 288 valence electrons. The van der Waals surface area contributed by atoms with Crippen LogP contribution in [0.1, 0.15) is 0 Å². The first-order valence-electron chi connectivity index (χ1n) is 13.4. The summed E-state index contributed by atoms with van der Waals surface area (Å²) in [5.41, 5.74) is 5.64. The van der Waals surface area contributed by atoms with Gasteiger partial charge in [0.15, 0.2) is 31.1 Å². The Labute approximate surface area is 277 Å². The van der Waals surface area contributed by atoms with Gasteiger partial charge >= 0.3 is 37.2 Å². The maximum atomic E-state index is 12.3. The SMILES string of the molecule is CO[C@@H]1[C@@H](OS(=O)(=O)O)[C@@H](O[C@H]2[C@H](O)[C@@H](O)[C@H](O[C@H]3[C@H](O)[C@@H](N)[C@@H](O)O[C@@H]3COS(=O)(=O)O)O[C@@H]2C(=O)O)O[C@H](COS(=O)(=O)O)[C@H]1OC. The molecule has 0 amide bonds. The number of nitrogens with two attached hydrogens (primary N) is 1. The Morgan fingerprint density at radius 3 is 1.63 bits per heavy atom. The summed E-state index contributed by atoms with van der Waals surface area (Å²) in [5.74, 6) is -1.95. The molecule has 0 aromatic heterocycles. The average molecular weight is 786 g/mol. The van der Waals surface area contributed by atoms with Crippen LogP contribution in [0.2, 0.25) is 0 Å². The first kappa shape index (κ1) is 42.0. The van der Waals surface area contributed by atoms with Crippen molar-refractivity contribution in [3.63, 3.8) is 0 Å². The van der Waals surface area contributed by atoms with Crippen molar-refractivity contribution in [1.82, 2.24) is 0 Å². The number of hydrogen-bond acceptors (Lipinski definition) is 22. The molecule has 0 aliphatic carbocycles. The van der Waals surface area contributed by atoms with Crippen molar-refractivity contribution in [2.45, 2.75) is 92.1 Å². The lowest BCUT2D eigenvalue weighted by molar-refractivity contribution is -0.367. The molecule has 0 unspecified atom stereocenters. The van der Waals surface area contributed by atoms with Crippen LogP contribution < -0.4 is 5.73 Å². The van der Waals surface area contributed by atoms with Gasteiger partial charge in [0.2, 0.25) is 0 Å². The summed E-state index contributed by atoms with van der Waals surface area (Å²) >= 11 is 0. The zero-order valence-electron chi connectivity index (χ0n) is 24.9. The Balaban J connectivity index is 1.93. The lowest BCUT2D eigenvalue weighted by Gasteiger charge is -2.48. The maximum Gasteiger partial charge on any atom is 0.397 e. The Morgan fingerprint density at radius 1 is 0.653 bits per heavy atom. The van der Waals surface area contributed by atoms with E-state index in [2.05, 4.69) is 12.5 Å². The Bertz CT molecular complexity index is 1440. The maximum absolute atomic E-state index is 12.3. The van der Waals surface area contributed by atoms with Gasteiger partial charge in [-0.1, -0.05) is 0 Å². The van der Waals surface area contributed by atoms with Gasteiger partial charge in [0.05, 0.1) is 19.3 Å². The van der Waals surface area contributed by atoms with E-state index in [1.165, 1.54) is 0 Å². The molecule has 3 aliphatic rings. The van der Waals surface area contributed by atoms with Gasteiger partial charge in [0.1, 0.15) is 54.9 Å². The monoisotopic (exact) mass is 785 g/mol. The summed E-state index contributed by atoms with van der Waals surface area (Å²) in [4.78, 5) is 12.3. The number of rotatable bonds is 15. The topological polar surface area (TPSA) is 400 Å². The number of hydrogen-bond donors (Lipinski definition) is 9. The van der Waals surface area contributed by atoms with Crippen molar-refractivity contribution in [2.75, 3.05) is 27.4 Å². The van der Waals surface area contributed by atoms with Gasteiger partial charge in [0.25, 0.3) is 0 Å². The highest BCUT2D eigenvalue weighted by atomic mass is 32.3. The van der Waals surface area contributed by atoms with E-state index < -0.39 is 142 Å². The molecule has 26 nitrogen and oxygen atoms in total. The molecule has 10 N–H and O–H groups in total. The van der Waals surface area contributed by atoms with E-state index >= 15 is 0 Å². The molecule has 0 radical (unpaired) electrons. The number of carbonyl (C=O) groups is 1. The molecule has 3 heterocycles. The molecular formula is C20H35NO25S3. The van der Waals surface area contributed by atoms with Gasteiger partial charge in [-0.3, -0.25) is 13.7 Å². The molecular weight excluding hydrogens is 750 g/mol. The van der Waals surface area contributed by atoms with E-state index in [1.807, 2.05) is 0 Å². The predicted molar refractivity (Wildman–Crippen MR) is 145 cm³/mol. The summed E-state index contributed by atoms with van der Waals surface area (Å²) in [7, 11) is -13.7. The molecule has 29 heteroatoms. The molecule has 0 bridgehead atoms. The minimum absolute atomic E-state index is 0.965. The van der Waals surface area contributed by atoms with Crippen LogP contribution in [0.3, 0.4) is 0 Å². The van der Waals surface area contributed by atoms with Crippen molar-refractivity contribution >= 4 is 37.2 Å². The van der Waals surface area contributed by atoms with Crippen molar-refractivity contribution in [3.05, 3.63) is 0 Å². The van der Waals surface area contributed by atoms with Gasteiger partial charge in [-0.05, 0) is 0 Å². The molecule has 0 spiro atoms. The highest BCUT2D eigenvalue weighted by Gasteiger charge is 2.56. The van der Waals surface area contributed by atoms with Crippen molar-refractivity contribution < 1.29 is 115 Å². The van der Waals surface area contributed by atoms with Crippen LogP contribution in [0.5, 0.6) is 0 Å². The number of ether oxygens (including phenoxy) is 7. The van der Waals surface area contributed by atoms with E-state index in [0.29, 0.717) is 0 Å². The van der Waals surface area contributed by atoms with Gasteiger partial charge < -0.3 is 64.4 Å². The van der Waals surface area contributed by atoms with Crippen molar-refractivity contribution in [1.29, 1.82) is 0 Å². The van der Waals surface area contributed by atoms with Crippen LogP contribution in [-0.2, 0) is 81.7 Å². The van der Waals surface area contributed by atoms with E-state index in [4.69, 9.17) is 48.0 Å². The van der Waals surface area contributed by atoms with Gasteiger partial charge in [0, 0.05) is 14.2 Å². The molecule has 0 saturated carbocycles. The second-order valence-electron chi connectivity index (χ2n) is 10.4. The third-order valence-corrected chi connectivity index (χ3v) is 8.58. The third kappa shape index (κ3) is 11.0. The number of aliphatic carboxylic acids is 1.